The molecule has 0 N–H and O–H groups in total. The molecule has 3 heterocycles. The average molecular weight is 665 g/mol. The summed E-state index contributed by atoms with van der Waals surface area (Å²) in [5, 5.41) is 6.28. The number of ether oxygens (including phenoxy) is 1. The van der Waals surface area contributed by atoms with Gasteiger partial charge in [-0.3, -0.25) is 23.7 Å². The quantitative estimate of drug-likeness (QED) is 0.221. The molecule has 0 aliphatic rings. The maximum atomic E-state index is 13.8. The number of hydrogen-bond acceptors (Lipinski definition) is 5. The molecule has 0 atom stereocenters. The largest absolute Gasteiger partial charge is 0.497 e. The molecule has 7 nitrogen and oxygen atoms in total. The van der Waals surface area contributed by atoms with E-state index < -0.39 is 29.3 Å². The molecule has 3 aromatic heterocycles. The van der Waals surface area contributed by atoms with E-state index in [-0.39, 0.29) is 37.2 Å². The molecule has 0 saturated carbocycles. The molecule has 0 aliphatic heterocycles. The summed E-state index contributed by atoms with van der Waals surface area (Å²) in [6.07, 6.45) is -1.69. The van der Waals surface area contributed by atoms with Gasteiger partial charge >= 0.3 is 6.18 Å². The molecule has 0 amide bonds. The Morgan fingerprint density at radius 2 is 1.77 bits per heavy atom. The van der Waals surface area contributed by atoms with Crippen LogP contribution in [0.15, 0.2) is 42.7 Å². The summed E-state index contributed by atoms with van der Waals surface area (Å²) >= 11 is 0. The Kier molecular flexibility index (Phi) is 9.11. The minimum absolute atomic E-state index is 0. The van der Waals surface area contributed by atoms with E-state index in [4.69, 9.17) is 11.3 Å². The zero-order valence-corrected chi connectivity index (χ0v) is 20.3. The van der Waals surface area contributed by atoms with E-state index >= 15 is 0 Å². The first-order valence-electron chi connectivity index (χ1n) is 9.29. The Balaban J connectivity index is 0.000000240. The van der Waals surface area contributed by atoms with Gasteiger partial charge in [0.2, 0.25) is 0 Å². The fourth-order valence-corrected chi connectivity index (χ4v) is 2.58. The first-order chi connectivity index (χ1) is 16.1. The number of benzene rings is 1. The van der Waals surface area contributed by atoms with Crippen molar-refractivity contribution in [3.63, 3.8) is 0 Å². The Morgan fingerprint density at radius 1 is 1.09 bits per heavy atom. The van der Waals surface area contributed by atoms with E-state index in [0.717, 1.165) is 11.6 Å². The average Bonchev–Trinajstić information content (AvgIpc) is 3.31. The fourth-order valence-electron chi connectivity index (χ4n) is 2.58. The zero-order chi connectivity index (χ0) is 24.9. The molecule has 1 radical (unpaired) electrons. The van der Waals surface area contributed by atoms with Crippen LogP contribution in [0.25, 0.3) is 27.6 Å². The van der Waals surface area contributed by atoms with Crippen LogP contribution in [-0.2, 0) is 26.3 Å². The summed E-state index contributed by atoms with van der Waals surface area (Å²) in [5.41, 5.74) is 0.805. The van der Waals surface area contributed by atoms with Gasteiger partial charge in [0.05, 0.1) is 19.4 Å². The van der Waals surface area contributed by atoms with Crippen LogP contribution in [0.4, 0.5) is 27.6 Å². The SMILES string of the molecule is COc1ccnc(-c2nc(C(F)(F)F)n[n-]2)c1.[C-]#[N+]c1c(F)c[c-]c(-c2cc(C)ccn2)c1F.[Ir]. The smallest absolute Gasteiger partial charge is 0.429 e. The standard InChI is InChI=1S/C13H7F2N2.C9H6F3N4O.Ir/c1-8-5-6-17-11(7-8)9-3-4-10(14)13(16-2)12(9)15;1-17-5-2-3-13-6(4-5)7-14-8(16-15-7)9(10,11)12;/h4-7H,1H3;2-4H,1H3;/q2*-1;. The number of methoxy groups -OCH3 is 1. The summed E-state index contributed by atoms with van der Waals surface area (Å²) in [4.78, 5) is 13.9. The van der Waals surface area contributed by atoms with Crippen molar-refractivity contribution < 1.29 is 46.8 Å². The van der Waals surface area contributed by atoms with Crippen LogP contribution in [0, 0.1) is 31.2 Å². The monoisotopic (exact) mass is 665 g/mol. The van der Waals surface area contributed by atoms with Gasteiger partial charge in [-0.2, -0.15) is 13.2 Å². The van der Waals surface area contributed by atoms with E-state index in [9.17, 15) is 22.0 Å². The van der Waals surface area contributed by atoms with Gasteiger partial charge in [-0.05, 0) is 30.6 Å². The van der Waals surface area contributed by atoms with E-state index in [1.54, 1.807) is 18.2 Å². The van der Waals surface area contributed by atoms with Crippen LogP contribution in [0.5, 0.6) is 5.75 Å². The Bertz CT molecular complexity index is 1350. The molecular weight excluding hydrogens is 651 g/mol. The van der Waals surface area contributed by atoms with Gasteiger partial charge < -0.3 is 19.8 Å². The van der Waals surface area contributed by atoms with Crippen molar-refractivity contribution in [1.29, 1.82) is 0 Å². The van der Waals surface area contributed by atoms with Gasteiger partial charge in [0.25, 0.3) is 0 Å². The molecular formula is C22H13F5IrN6O-2. The Hall–Kier alpha value is -3.75. The minimum atomic E-state index is -4.61. The first-order valence-corrected chi connectivity index (χ1v) is 9.29. The van der Waals surface area contributed by atoms with E-state index in [2.05, 4.69) is 36.1 Å². The second-order valence-corrected chi connectivity index (χ2v) is 6.54. The minimum Gasteiger partial charge on any atom is -0.497 e. The number of halogens is 5. The third kappa shape index (κ3) is 6.65. The van der Waals surface area contributed by atoms with Gasteiger partial charge in [0.1, 0.15) is 11.6 Å². The molecule has 183 valence electrons. The summed E-state index contributed by atoms with van der Waals surface area (Å²) < 4.78 is 68.6. The first kappa shape index (κ1) is 27.5. The summed E-state index contributed by atoms with van der Waals surface area (Å²) in [7, 11) is 1.43. The predicted molar refractivity (Wildman–Crippen MR) is 110 cm³/mol. The summed E-state index contributed by atoms with van der Waals surface area (Å²) in [6, 6.07) is 9.83. The molecule has 1 aromatic carbocycles. The number of rotatable bonds is 3. The van der Waals surface area contributed by atoms with Gasteiger partial charge in [0.15, 0.2) is 5.69 Å². The molecule has 0 saturated heterocycles. The van der Waals surface area contributed by atoms with Gasteiger partial charge in [-0.25, -0.2) is 0 Å². The fraction of sp³-hybridized carbons (Fsp3) is 0.136. The number of pyridine rings is 2. The van der Waals surface area contributed by atoms with Crippen LogP contribution < -0.4 is 9.84 Å². The van der Waals surface area contributed by atoms with Crippen LogP contribution in [0.3, 0.4) is 0 Å². The molecule has 0 unspecified atom stereocenters. The van der Waals surface area contributed by atoms with Crippen molar-refractivity contribution in [1.82, 2.24) is 25.1 Å². The zero-order valence-electron chi connectivity index (χ0n) is 17.9. The molecule has 0 bridgehead atoms. The van der Waals surface area contributed by atoms with Crippen molar-refractivity contribution in [3.8, 4) is 28.5 Å². The predicted octanol–water partition coefficient (Wildman–Crippen LogP) is 5.21. The summed E-state index contributed by atoms with van der Waals surface area (Å²) in [6.45, 7) is 8.57. The number of hydrogen-bond donors (Lipinski definition) is 0. The van der Waals surface area contributed by atoms with Crippen LogP contribution >= 0.6 is 0 Å². The van der Waals surface area contributed by atoms with Crippen molar-refractivity contribution >= 4 is 5.69 Å². The number of aromatic nitrogens is 5. The van der Waals surface area contributed by atoms with E-state index in [0.29, 0.717) is 11.4 Å². The second kappa shape index (κ2) is 11.6. The van der Waals surface area contributed by atoms with Crippen molar-refractivity contribution in [2.45, 2.75) is 13.1 Å². The van der Waals surface area contributed by atoms with Crippen LogP contribution in [0.2, 0.25) is 0 Å². The topological polar surface area (TPSA) is 79.3 Å². The normalized spacial score (nSPS) is 10.5. The third-order valence-electron chi connectivity index (χ3n) is 4.18. The maximum absolute atomic E-state index is 13.8. The molecule has 0 fully saturated rings. The number of aryl methyl sites for hydroxylation is 1. The molecule has 13 heteroatoms. The summed E-state index contributed by atoms with van der Waals surface area (Å²) in [5.74, 6) is -2.84. The van der Waals surface area contributed by atoms with Crippen molar-refractivity contribution in [2.24, 2.45) is 0 Å². The van der Waals surface area contributed by atoms with Crippen molar-refractivity contribution in [3.05, 3.63) is 83.2 Å². The molecule has 4 aromatic rings. The maximum Gasteiger partial charge on any atom is 0.429 e. The van der Waals surface area contributed by atoms with Crippen molar-refractivity contribution in [2.75, 3.05) is 7.11 Å². The molecule has 4 rings (SSSR count). The molecule has 0 aliphatic carbocycles. The van der Waals surface area contributed by atoms with Crippen LogP contribution in [-0.4, -0.2) is 27.2 Å². The third-order valence-corrected chi connectivity index (χ3v) is 4.18. The number of nitrogens with zero attached hydrogens (tertiary/aromatic N) is 6. The molecule has 35 heavy (non-hydrogen) atoms. The Morgan fingerprint density at radius 3 is 2.37 bits per heavy atom. The number of alkyl halides is 3. The van der Waals surface area contributed by atoms with Crippen LogP contribution in [0.1, 0.15) is 11.4 Å². The van der Waals surface area contributed by atoms with Gasteiger partial charge in [-0.1, -0.05) is 11.6 Å². The molecule has 0 spiro atoms. The van der Waals surface area contributed by atoms with E-state index in [1.807, 2.05) is 6.92 Å². The Labute approximate surface area is 209 Å². The van der Waals surface area contributed by atoms with Gasteiger partial charge in [0, 0.05) is 50.2 Å². The van der Waals surface area contributed by atoms with Gasteiger partial charge in [-0.15, -0.1) is 17.7 Å². The second-order valence-electron chi connectivity index (χ2n) is 6.54. The van der Waals surface area contributed by atoms with E-state index in [1.165, 1.54) is 25.6 Å².